The van der Waals surface area contributed by atoms with Gasteiger partial charge in [0.2, 0.25) is 5.91 Å². The Bertz CT molecular complexity index is 1070. The van der Waals surface area contributed by atoms with Crippen LogP contribution < -0.4 is 5.32 Å². The van der Waals surface area contributed by atoms with E-state index in [0.29, 0.717) is 23.1 Å². The van der Waals surface area contributed by atoms with Crippen molar-refractivity contribution in [3.63, 3.8) is 0 Å². The number of amides is 1. The summed E-state index contributed by atoms with van der Waals surface area (Å²) in [4.78, 5) is 25.2. The Morgan fingerprint density at radius 3 is 2.39 bits per heavy atom. The van der Waals surface area contributed by atoms with E-state index in [1.807, 2.05) is 20.1 Å². The zero-order valence-corrected chi connectivity index (χ0v) is 18.2. The van der Waals surface area contributed by atoms with E-state index in [4.69, 9.17) is 0 Å². The third kappa shape index (κ3) is 5.40. The monoisotopic (exact) mass is 450 g/mol. The van der Waals surface area contributed by atoms with E-state index < -0.39 is 11.7 Å². The summed E-state index contributed by atoms with van der Waals surface area (Å²) < 4.78 is 39.6. The van der Waals surface area contributed by atoms with E-state index >= 15 is 0 Å². The highest BCUT2D eigenvalue weighted by atomic mass is 32.2. The van der Waals surface area contributed by atoms with Gasteiger partial charge in [-0.15, -0.1) is 0 Å². The Morgan fingerprint density at radius 2 is 1.84 bits per heavy atom. The number of pyridine rings is 1. The average Bonchev–Trinajstić information content (AvgIpc) is 3.06. The Morgan fingerprint density at radius 1 is 1.16 bits per heavy atom. The highest BCUT2D eigenvalue weighted by Gasteiger charge is 2.30. The molecule has 1 amide bonds. The number of aryl methyl sites for hydroxylation is 3. The minimum absolute atomic E-state index is 0.171. The molecule has 3 aromatic rings. The van der Waals surface area contributed by atoms with Crippen molar-refractivity contribution in [1.82, 2.24) is 24.7 Å². The molecule has 0 unspecified atom stereocenters. The molecule has 0 aromatic carbocycles. The summed E-state index contributed by atoms with van der Waals surface area (Å²) in [5, 5.41) is 7.67. The van der Waals surface area contributed by atoms with E-state index in [-0.39, 0.29) is 18.1 Å². The fraction of sp³-hybridized carbons (Fsp3) is 0.350. The highest BCUT2D eigenvalue weighted by molar-refractivity contribution is 7.98. The Hall–Kier alpha value is -2.95. The summed E-state index contributed by atoms with van der Waals surface area (Å²) in [7, 11) is 0. The SMILES string of the molecule is CSc1nc(C)c(CCC(=O)Nc2cc(C)nn2-c2ccc(C(F)(F)F)cn2)c(C)n1. The van der Waals surface area contributed by atoms with Crippen LogP contribution in [-0.2, 0) is 17.4 Å². The van der Waals surface area contributed by atoms with E-state index in [1.165, 1.54) is 22.5 Å². The zero-order chi connectivity index (χ0) is 22.8. The third-order valence-electron chi connectivity index (χ3n) is 4.58. The molecule has 164 valence electrons. The van der Waals surface area contributed by atoms with Crippen LogP contribution >= 0.6 is 11.8 Å². The van der Waals surface area contributed by atoms with Crippen LogP contribution in [0.25, 0.3) is 5.82 Å². The summed E-state index contributed by atoms with van der Waals surface area (Å²) in [6.45, 7) is 5.49. The fourth-order valence-corrected chi connectivity index (χ4v) is 3.50. The molecule has 0 aliphatic heterocycles. The molecular formula is C20H21F3N6OS. The maximum absolute atomic E-state index is 12.8. The first kappa shape index (κ1) is 22.7. The highest BCUT2D eigenvalue weighted by Crippen LogP contribution is 2.29. The topological polar surface area (TPSA) is 85.6 Å². The first-order chi connectivity index (χ1) is 14.6. The molecule has 0 spiro atoms. The molecule has 31 heavy (non-hydrogen) atoms. The van der Waals surface area contributed by atoms with Crippen molar-refractivity contribution in [1.29, 1.82) is 0 Å². The molecule has 0 radical (unpaired) electrons. The molecule has 7 nitrogen and oxygen atoms in total. The Kier molecular flexibility index (Phi) is 6.63. The van der Waals surface area contributed by atoms with Crippen molar-refractivity contribution in [2.45, 2.75) is 44.9 Å². The van der Waals surface area contributed by atoms with Crippen molar-refractivity contribution < 1.29 is 18.0 Å². The summed E-state index contributed by atoms with van der Waals surface area (Å²) >= 11 is 1.46. The fourth-order valence-electron chi connectivity index (χ4n) is 3.05. The van der Waals surface area contributed by atoms with Crippen molar-refractivity contribution >= 4 is 23.5 Å². The molecule has 3 rings (SSSR count). The third-order valence-corrected chi connectivity index (χ3v) is 5.12. The summed E-state index contributed by atoms with van der Waals surface area (Å²) in [6.07, 6.45) is -1.19. The standard InChI is InChI=1S/C20H21F3N6OS/c1-11-9-17(29(28-11)16-7-5-14(10-24-16)20(21,22)23)27-18(30)8-6-15-12(2)25-19(31-4)26-13(15)3/h5,7,9-10H,6,8H2,1-4H3,(H,27,30). The van der Waals surface area contributed by atoms with Crippen LogP contribution in [0.15, 0.2) is 29.6 Å². The molecule has 0 aliphatic rings. The van der Waals surface area contributed by atoms with Crippen LogP contribution in [0.3, 0.4) is 0 Å². The minimum atomic E-state index is -4.48. The molecule has 3 aromatic heterocycles. The van der Waals surface area contributed by atoms with Crippen LogP contribution in [0.1, 0.15) is 34.6 Å². The van der Waals surface area contributed by atoms with Crippen molar-refractivity contribution in [2.24, 2.45) is 0 Å². The predicted molar refractivity (Wildman–Crippen MR) is 111 cm³/mol. The van der Waals surface area contributed by atoms with Crippen molar-refractivity contribution in [2.75, 3.05) is 11.6 Å². The number of hydrogen-bond acceptors (Lipinski definition) is 6. The van der Waals surface area contributed by atoms with Crippen LogP contribution in [0, 0.1) is 20.8 Å². The van der Waals surface area contributed by atoms with Crippen molar-refractivity contribution in [3.8, 4) is 5.82 Å². The second kappa shape index (κ2) is 9.04. The van der Waals surface area contributed by atoms with Crippen LogP contribution in [0.5, 0.6) is 0 Å². The number of anilines is 1. The molecular weight excluding hydrogens is 429 g/mol. The van der Waals surface area contributed by atoms with Gasteiger partial charge >= 0.3 is 6.18 Å². The quantitative estimate of drug-likeness (QED) is 0.445. The maximum atomic E-state index is 12.8. The van der Waals surface area contributed by atoms with Crippen LogP contribution in [-0.4, -0.2) is 36.9 Å². The second-order valence-electron chi connectivity index (χ2n) is 6.89. The van der Waals surface area contributed by atoms with E-state index in [9.17, 15) is 18.0 Å². The predicted octanol–water partition coefficient (Wildman–Crippen LogP) is 4.29. The van der Waals surface area contributed by atoms with E-state index in [0.717, 1.165) is 29.2 Å². The molecule has 11 heteroatoms. The number of carbonyl (C=O) groups is 1. The number of halogens is 3. The lowest BCUT2D eigenvalue weighted by atomic mass is 10.1. The zero-order valence-electron chi connectivity index (χ0n) is 17.4. The van der Waals surface area contributed by atoms with Gasteiger partial charge in [0, 0.05) is 30.1 Å². The maximum Gasteiger partial charge on any atom is 0.417 e. The molecule has 3 heterocycles. The summed E-state index contributed by atoms with van der Waals surface area (Å²) in [5.74, 6) is 0.238. The first-order valence-electron chi connectivity index (χ1n) is 9.36. The first-order valence-corrected chi connectivity index (χ1v) is 10.6. The van der Waals surface area contributed by atoms with Gasteiger partial charge < -0.3 is 5.32 Å². The van der Waals surface area contributed by atoms with Crippen LogP contribution in [0.4, 0.5) is 19.0 Å². The molecule has 0 atom stereocenters. The largest absolute Gasteiger partial charge is 0.417 e. The van der Waals surface area contributed by atoms with Gasteiger partial charge in [-0.2, -0.15) is 23.0 Å². The second-order valence-corrected chi connectivity index (χ2v) is 7.67. The number of alkyl halides is 3. The molecule has 0 saturated carbocycles. The molecule has 1 N–H and O–H groups in total. The number of carbonyl (C=O) groups excluding carboxylic acids is 1. The van der Waals surface area contributed by atoms with Gasteiger partial charge in [0.05, 0.1) is 11.3 Å². The normalized spacial score (nSPS) is 11.6. The lowest BCUT2D eigenvalue weighted by Crippen LogP contribution is -2.17. The summed E-state index contributed by atoms with van der Waals surface area (Å²) in [6, 6.07) is 3.77. The lowest BCUT2D eigenvalue weighted by molar-refractivity contribution is -0.137. The number of thioether (sulfide) groups is 1. The van der Waals surface area contributed by atoms with E-state index in [1.54, 1.807) is 13.0 Å². The summed E-state index contributed by atoms with van der Waals surface area (Å²) in [5.41, 5.74) is 2.32. The number of nitrogens with zero attached hydrogens (tertiary/aromatic N) is 5. The Labute approximate surface area is 181 Å². The van der Waals surface area contributed by atoms with Crippen molar-refractivity contribution in [3.05, 3.63) is 52.6 Å². The van der Waals surface area contributed by atoms with Gasteiger partial charge in [0.25, 0.3) is 0 Å². The van der Waals surface area contributed by atoms with Gasteiger partial charge in [-0.1, -0.05) is 11.8 Å². The number of nitrogens with one attached hydrogen (secondary N) is 1. The Balaban J connectivity index is 1.73. The molecule has 0 aliphatic carbocycles. The van der Waals surface area contributed by atoms with Gasteiger partial charge in [-0.05, 0) is 51.1 Å². The van der Waals surface area contributed by atoms with Gasteiger partial charge in [0.1, 0.15) is 5.82 Å². The van der Waals surface area contributed by atoms with Gasteiger partial charge in [-0.3, -0.25) is 4.79 Å². The van der Waals surface area contributed by atoms with Gasteiger partial charge in [0.15, 0.2) is 11.0 Å². The number of aromatic nitrogens is 5. The van der Waals surface area contributed by atoms with Gasteiger partial charge in [-0.25, -0.2) is 15.0 Å². The van der Waals surface area contributed by atoms with Crippen LogP contribution in [0.2, 0.25) is 0 Å². The lowest BCUT2D eigenvalue weighted by Gasteiger charge is -2.11. The average molecular weight is 450 g/mol. The van der Waals surface area contributed by atoms with E-state index in [2.05, 4.69) is 25.4 Å². The number of hydrogen-bond donors (Lipinski definition) is 1. The minimum Gasteiger partial charge on any atom is -0.311 e. The molecule has 0 saturated heterocycles. The number of rotatable bonds is 6. The smallest absolute Gasteiger partial charge is 0.311 e. The molecule has 0 fully saturated rings. The molecule has 0 bridgehead atoms.